The van der Waals surface area contributed by atoms with Crippen LogP contribution < -0.4 is 5.32 Å². The normalized spacial score (nSPS) is 13.4. The number of hydrogen-bond donors (Lipinski definition) is 1. The van der Waals surface area contributed by atoms with E-state index in [2.05, 4.69) is 5.32 Å². The lowest BCUT2D eigenvalue weighted by molar-refractivity contribution is -0.0328. The number of ether oxygens (including phenoxy) is 1. The molecule has 0 aliphatic carbocycles. The molecule has 0 aliphatic heterocycles. The molecule has 1 atom stereocenters. The van der Waals surface area contributed by atoms with Crippen molar-refractivity contribution in [3.63, 3.8) is 0 Å². The molecule has 0 aromatic heterocycles. The van der Waals surface area contributed by atoms with E-state index in [9.17, 15) is 13.2 Å². The minimum absolute atomic E-state index is 0.108. The Balaban J connectivity index is 2.59. The van der Waals surface area contributed by atoms with Gasteiger partial charge in [-0.15, -0.1) is 0 Å². The van der Waals surface area contributed by atoms with Gasteiger partial charge in [0, 0.05) is 23.7 Å². The quantitative estimate of drug-likeness (QED) is 0.791. The minimum atomic E-state index is -4.24. The zero-order valence-electron chi connectivity index (χ0n) is 10.3. The highest BCUT2D eigenvalue weighted by molar-refractivity contribution is 8.00. The third-order valence-electron chi connectivity index (χ3n) is 2.32. The molecule has 2 nitrogen and oxygen atoms in total. The average Bonchev–Trinajstić information content (AvgIpc) is 2.29. The summed E-state index contributed by atoms with van der Waals surface area (Å²) < 4.78 is 41.5. The Bertz CT molecular complexity index is 353. The fourth-order valence-corrected chi connectivity index (χ4v) is 1.99. The van der Waals surface area contributed by atoms with Crippen LogP contribution in [0.4, 0.5) is 18.9 Å². The first-order valence-electron chi connectivity index (χ1n) is 5.56. The lowest BCUT2D eigenvalue weighted by Crippen LogP contribution is -2.23. The fourth-order valence-electron chi connectivity index (χ4n) is 1.45. The molecule has 0 aliphatic rings. The summed E-state index contributed by atoms with van der Waals surface area (Å²) in [6.45, 7) is 2.58. The van der Waals surface area contributed by atoms with Crippen molar-refractivity contribution in [2.75, 3.05) is 19.0 Å². The maximum Gasteiger partial charge on any atom is 0.446 e. The van der Waals surface area contributed by atoms with Gasteiger partial charge < -0.3 is 10.1 Å². The van der Waals surface area contributed by atoms with Crippen molar-refractivity contribution in [1.29, 1.82) is 0 Å². The van der Waals surface area contributed by atoms with Crippen molar-refractivity contribution >= 4 is 17.4 Å². The van der Waals surface area contributed by atoms with Gasteiger partial charge in [-0.1, -0.05) is 6.92 Å². The van der Waals surface area contributed by atoms with Gasteiger partial charge in [-0.25, -0.2) is 0 Å². The van der Waals surface area contributed by atoms with Crippen LogP contribution in [0.3, 0.4) is 0 Å². The molecule has 0 saturated heterocycles. The van der Waals surface area contributed by atoms with E-state index in [1.54, 1.807) is 19.2 Å². The number of nitrogens with one attached hydrogen (secondary N) is 1. The van der Waals surface area contributed by atoms with E-state index in [0.717, 1.165) is 12.1 Å². The topological polar surface area (TPSA) is 21.3 Å². The summed E-state index contributed by atoms with van der Waals surface area (Å²) in [7, 11) is 1.62. The standard InChI is InChI=1S/C12H16F3NOS/c1-3-9(8-17-2)16-10-4-6-11(7-5-10)18-12(13,14)15/h4-7,9,16H,3,8H2,1-2H3. The fraction of sp³-hybridized carbons (Fsp3) is 0.500. The average molecular weight is 279 g/mol. The maximum absolute atomic E-state index is 12.1. The summed E-state index contributed by atoms with van der Waals surface area (Å²) in [4.78, 5) is 0.188. The van der Waals surface area contributed by atoms with Gasteiger partial charge >= 0.3 is 5.51 Å². The molecule has 18 heavy (non-hydrogen) atoms. The lowest BCUT2D eigenvalue weighted by Gasteiger charge is -2.17. The van der Waals surface area contributed by atoms with Crippen molar-refractivity contribution in [3.05, 3.63) is 24.3 Å². The first kappa shape index (κ1) is 15.2. The number of halogens is 3. The number of rotatable bonds is 6. The van der Waals surface area contributed by atoms with Crippen molar-refractivity contribution in [2.45, 2.75) is 29.8 Å². The van der Waals surface area contributed by atoms with Gasteiger partial charge in [-0.3, -0.25) is 0 Å². The molecular weight excluding hydrogens is 263 g/mol. The van der Waals surface area contributed by atoms with Gasteiger partial charge in [0.2, 0.25) is 0 Å². The minimum Gasteiger partial charge on any atom is -0.383 e. The highest BCUT2D eigenvalue weighted by atomic mass is 32.2. The number of alkyl halides is 3. The molecular formula is C12H16F3NOS. The number of benzene rings is 1. The monoisotopic (exact) mass is 279 g/mol. The summed E-state index contributed by atoms with van der Waals surface area (Å²) >= 11 is -0.108. The van der Waals surface area contributed by atoms with Crippen molar-refractivity contribution < 1.29 is 17.9 Å². The molecule has 1 rings (SSSR count). The summed E-state index contributed by atoms with van der Waals surface area (Å²) in [5.41, 5.74) is -3.44. The molecule has 1 unspecified atom stereocenters. The van der Waals surface area contributed by atoms with Gasteiger partial charge in [-0.05, 0) is 42.4 Å². The van der Waals surface area contributed by atoms with E-state index in [0.29, 0.717) is 6.61 Å². The van der Waals surface area contributed by atoms with E-state index < -0.39 is 5.51 Å². The highest BCUT2D eigenvalue weighted by Gasteiger charge is 2.28. The Morgan fingerprint density at radius 3 is 2.33 bits per heavy atom. The molecule has 6 heteroatoms. The summed E-state index contributed by atoms with van der Waals surface area (Å²) in [5, 5.41) is 3.20. The first-order valence-corrected chi connectivity index (χ1v) is 6.37. The zero-order valence-corrected chi connectivity index (χ0v) is 11.1. The van der Waals surface area contributed by atoms with Crippen LogP contribution in [0, 0.1) is 0 Å². The van der Waals surface area contributed by atoms with Gasteiger partial charge in [0.15, 0.2) is 0 Å². The van der Waals surface area contributed by atoms with Gasteiger partial charge in [-0.2, -0.15) is 13.2 Å². The van der Waals surface area contributed by atoms with E-state index in [-0.39, 0.29) is 22.7 Å². The summed E-state index contributed by atoms with van der Waals surface area (Å²) in [6, 6.07) is 6.37. The molecule has 0 spiro atoms. The molecule has 0 saturated carbocycles. The van der Waals surface area contributed by atoms with Gasteiger partial charge in [0.25, 0.3) is 0 Å². The Labute approximate surface area is 109 Å². The molecule has 0 bridgehead atoms. The molecule has 0 radical (unpaired) electrons. The molecule has 0 heterocycles. The van der Waals surface area contributed by atoms with Crippen LogP contribution in [-0.2, 0) is 4.74 Å². The number of methoxy groups -OCH3 is 1. The third kappa shape index (κ3) is 5.64. The maximum atomic E-state index is 12.1. The van der Waals surface area contributed by atoms with E-state index >= 15 is 0 Å². The number of thioether (sulfide) groups is 1. The predicted molar refractivity (Wildman–Crippen MR) is 67.9 cm³/mol. The molecule has 1 aromatic carbocycles. The van der Waals surface area contributed by atoms with Crippen molar-refractivity contribution in [3.8, 4) is 0 Å². The van der Waals surface area contributed by atoms with E-state index in [1.807, 2.05) is 6.92 Å². The Kier molecular flexibility index (Phi) is 5.81. The molecule has 0 fully saturated rings. The van der Waals surface area contributed by atoms with Crippen LogP contribution in [-0.4, -0.2) is 25.3 Å². The molecule has 0 amide bonds. The molecule has 1 aromatic rings. The van der Waals surface area contributed by atoms with Crippen LogP contribution in [0.1, 0.15) is 13.3 Å². The van der Waals surface area contributed by atoms with E-state index in [4.69, 9.17) is 4.74 Å². The molecule has 1 N–H and O–H groups in total. The Morgan fingerprint density at radius 1 is 1.28 bits per heavy atom. The Morgan fingerprint density at radius 2 is 1.89 bits per heavy atom. The molecule has 102 valence electrons. The SMILES string of the molecule is CCC(COC)Nc1ccc(SC(F)(F)F)cc1. The Hall–Kier alpha value is -0.880. The predicted octanol–water partition coefficient (Wildman–Crippen LogP) is 4.14. The second-order valence-electron chi connectivity index (χ2n) is 3.78. The van der Waals surface area contributed by atoms with Crippen LogP contribution in [0.15, 0.2) is 29.2 Å². The van der Waals surface area contributed by atoms with Crippen LogP contribution >= 0.6 is 11.8 Å². The number of anilines is 1. The summed E-state index contributed by atoms with van der Waals surface area (Å²) in [5.74, 6) is 0. The van der Waals surface area contributed by atoms with Crippen molar-refractivity contribution in [1.82, 2.24) is 0 Å². The van der Waals surface area contributed by atoms with Crippen LogP contribution in [0.25, 0.3) is 0 Å². The second-order valence-corrected chi connectivity index (χ2v) is 4.92. The number of hydrogen-bond acceptors (Lipinski definition) is 3. The smallest absolute Gasteiger partial charge is 0.383 e. The van der Waals surface area contributed by atoms with E-state index in [1.165, 1.54) is 12.1 Å². The van der Waals surface area contributed by atoms with Crippen molar-refractivity contribution in [2.24, 2.45) is 0 Å². The highest BCUT2D eigenvalue weighted by Crippen LogP contribution is 2.37. The van der Waals surface area contributed by atoms with Crippen LogP contribution in [0.5, 0.6) is 0 Å². The lowest BCUT2D eigenvalue weighted by atomic mass is 10.2. The largest absolute Gasteiger partial charge is 0.446 e. The third-order valence-corrected chi connectivity index (χ3v) is 3.06. The van der Waals surface area contributed by atoms with Gasteiger partial charge in [0.05, 0.1) is 6.61 Å². The van der Waals surface area contributed by atoms with Crippen LogP contribution in [0.2, 0.25) is 0 Å². The zero-order chi connectivity index (χ0) is 13.6. The van der Waals surface area contributed by atoms with Gasteiger partial charge in [0.1, 0.15) is 0 Å². The summed E-state index contributed by atoms with van der Waals surface area (Å²) in [6.07, 6.45) is 0.882. The second kappa shape index (κ2) is 6.89. The first-order chi connectivity index (χ1) is 8.44.